The summed E-state index contributed by atoms with van der Waals surface area (Å²) in [6.07, 6.45) is 3.24. The average molecular weight is 374 g/mol. The molecule has 2 aliphatic heterocycles. The highest BCUT2D eigenvalue weighted by molar-refractivity contribution is 7.11. The highest BCUT2D eigenvalue weighted by atomic mass is 32.1. The predicted octanol–water partition coefficient (Wildman–Crippen LogP) is 4.26. The van der Waals surface area contributed by atoms with Gasteiger partial charge in [0.05, 0.1) is 33.4 Å². The van der Waals surface area contributed by atoms with Crippen molar-refractivity contribution < 1.29 is 9.22 Å². The second-order valence-electron chi connectivity index (χ2n) is 7.99. The van der Waals surface area contributed by atoms with E-state index in [1.54, 1.807) is 22.7 Å². The Balaban J connectivity index is 1.66. The van der Waals surface area contributed by atoms with Crippen molar-refractivity contribution in [2.75, 3.05) is 27.3 Å². The number of hydrogen-bond donors (Lipinski definition) is 0. The summed E-state index contributed by atoms with van der Waals surface area (Å²) in [5.41, 5.74) is -0.489. The van der Waals surface area contributed by atoms with Crippen molar-refractivity contribution in [3.05, 3.63) is 44.8 Å². The molecule has 1 unspecified atom stereocenters. The molecule has 25 heavy (non-hydrogen) atoms. The molecule has 2 aromatic rings. The Morgan fingerprint density at radius 2 is 1.68 bits per heavy atom. The minimum absolute atomic E-state index is 0.489. The fourth-order valence-corrected chi connectivity index (χ4v) is 6.56. The lowest BCUT2D eigenvalue weighted by atomic mass is 9.71. The van der Waals surface area contributed by atoms with E-state index in [0.717, 1.165) is 37.0 Å². The van der Waals surface area contributed by atoms with Gasteiger partial charge in [0, 0.05) is 22.6 Å². The lowest BCUT2D eigenvalue weighted by Gasteiger charge is -2.53. The molecular formula is C20H25N2OS2+. The topological polar surface area (TPSA) is 33.0 Å². The minimum atomic E-state index is -0.489. The highest BCUT2D eigenvalue weighted by Gasteiger charge is 2.49. The molecule has 0 aromatic carbocycles. The molecule has 2 bridgehead atoms. The second kappa shape index (κ2) is 6.51. The van der Waals surface area contributed by atoms with Crippen LogP contribution in [0.4, 0.5) is 0 Å². The van der Waals surface area contributed by atoms with Gasteiger partial charge in [0.15, 0.2) is 0 Å². The first-order valence-corrected chi connectivity index (χ1v) is 10.7. The van der Waals surface area contributed by atoms with Gasteiger partial charge in [-0.15, -0.1) is 22.7 Å². The number of fused-ring (bicyclic) bond motifs is 2. The van der Waals surface area contributed by atoms with Gasteiger partial charge in [-0.2, -0.15) is 5.26 Å². The Hall–Kier alpha value is -1.19. The van der Waals surface area contributed by atoms with Crippen molar-refractivity contribution in [3.8, 4) is 6.07 Å². The van der Waals surface area contributed by atoms with E-state index in [1.807, 2.05) is 0 Å². The standard InChI is InChI=1S/C20H25N2OS2/c1-22(2)16-9-15(10-17(22)13-23-12-16)11-20(14-21,18-5-3-7-24-18)19-6-4-8-25-19/h3-8,15-17H,9-13H2,1-2H3/q+1/t15?,16-,17+. The number of nitriles is 1. The van der Waals surface area contributed by atoms with Crippen LogP contribution in [0.15, 0.2) is 35.0 Å². The van der Waals surface area contributed by atoms with E-state index in [0.29, 0.717) is 18.0 Å². The molecule has 4 rings (SSSR count). The van der Waals surface area contributed by atoms with Crippen LogP contribution in [-0.4, -0.2) is 43.9 Å². The number of likely N-dealkylation sites (N-methyl/N-ethyl adjacent to an activating group) is 1. The zero-order valence-corrected chi connectivity index (χ0v) is 16.5. The van der Waals surface area contributed by atoms with Gasteiger partial charge in [0.25, 0.3) is 0 Å². The number of nitrogens with zero attached hydrogens (tertiary/aromatic N) is 2. The second-order valence-corrected chi connectivity index (χ2v) is 9.88. The van der Waals surface area contributed by atoms with Gasteiger partial charge < -0.3 is 9.22 Å². The number of ether oxygens (including phenoxy) is 1. The van der Waals surface area contributed by atoms with Gasteiger partial charge in [-0.3, -0.25) is 0 Å². The Labute approximate surface area is 158 Å². The fourth-order valence-electron chi connectivity index (χ4n) is 4.69. The van der Waals surface area contributed by atoms with Crippen molar-refractivity contribution in [1.29, 1.82) is 5.26 Å². The van der Waals surface area contributed by atoms with Crippen molar-refractivity contribution in [2.24, 2.45) is 5.92 Å². The van der Waals surface area contributed by atoms with Crippen molar-refractivity contribution >= 4 is 22.7 Å². The molecule has 5 heteroatoms. The van der Waals surface area contributed by atoms with Crippen LogP contribution < -0.4 is 0 Å². The van der Waals surface area contributed by atoms with Crippen LogP contribution in [0.1, 0.15) is 29.0 Å². The predicted molar refractivity (Wildman–Crippen MR) is 103 cm³/mol. The van der Waals surface area contributed by atoms with Crippen molar-refractivity contribution in [3.63, 3.8) is 0 Å². The molecule has 0 N–H and O–H groups in total. The van der Waals surface area contributed by atoms with Crippen molar-refractivity contribution in [1.82, 2.24) is 0 Å². The van der Waals surface area contributed by atoms with E-state index in [9.17, 15) is 5.26 Å². The highest BCUT2D eigenvalue weighted by Crippen LogP contribution is 2.46. The number of morpholine rings is 1. The molecule has 4 heterocycles. The summed E-state index contributed by atoms with van der Waals surface area (Å²) in [4.78, 5) is 2.39. The normalized spacial score (nSPS) is 28.4. The first kappa shape index (κ1) is 17.2. The first-order chi connectivity index (χ1) is 12.1. The molecule has 0 radical (unpaired) electrons. The van der Waals surface area contributed by atoms with Gasteiger partial charge >= 0.3 is 0 Å². The Kier molecular flexibility index (Phi) is 4.49. The fraction of sp³-hybridized carbons (Fsp3) is 0.550. The summed E-state index contributed by atoms with van der Waals surface area (Å²) >= 11 is 3.44. The van der Waals surface area contributed by atoms with Gasteiger partial charge in [0.2, 0.25) is 0 Å². The summed E-state index contributed by atoms with van der Waals surface area (Å²) in [5.74, 6) is 0.578. The minimum Gasteiger partial charge on any atom is -0.369 e. The maximum absolute atomic E-state index is 10.3. The van der Waals surface area contributed by atoms with Gasteiger partial charge in [0.1, 0.15) is 17.5 Å². The van der Waals surface area contributed by atoms with Gasteiger partial charge in [-0.1, -0.05) is 12.1 Å². The molecule has 0 spiro atoms. The van der Waals surface area contributed by atoms with Crippen LogP contribution in [0.25, 0.3) is 0 Å². The quantitative estimate of drug-likeness (QED) is 0.750. The third-order valence-corrected chi connectivity index (χ3v) is 8.45. The summed E-state index contributed by atoms with van der Waals surface area (Å²) in [5, 5.41) is 14.5. The van der Waals surface area contributed by atoms with Crippen LogP contribution >= 0.6 is 22.7 Å². The van der Waals surface area contributed by atoms with E-state index in [4.69, 9.17) is 4.74 Å². The van der Waals surface area contributed by atoms with Gasteiger partial charge in [-0.05, 0) is 35.2 Å². The van der Waals surface area contributed by atoms with Gasteiger partial charge in [-0.25, -0.2) is 0 Å². The average Bonchev–Trinajstić information content (AvgIpc) is 3.27. The molecular weight excluding hydrogens is 348 g/mol. The third-order valence-electron chi connectivity index (χ3n) is 6.38. The lowest BCUT2D eigenvalue weighted by molar-refractivity contribution is -0.953. The van der Waals surface area contributed by atoms with Crippen molar-refractivity contribution in [2.45, 2.75) is 36.8 Å². The van der Waals surface area contributed by atoms with E-state index >= 15 is 0 Å². The summed E-state index contributed by atoms with van der Waals surface area (Å²) in [6.45, 7) is 1.72. The molecule has 132 valence electrons. The first-order valence-electron chi connectivity index (χ1n) is 8.96. The SMILES string of the molecule is C[N+]1(C)[C@@H]2COC[C@H]1CC(CC(C#N)(c1cccs1)c1cccs1)C2. The molecule has 3 atom stereocenters. The smallest absolute Gasteiger partial charge is 0.126 e. The zero-order chi connectivity index (χ0) is 17.5. The number of piperidine rings is 1. The third kappa shape index (κ3) is 2.86. The Morgan fingerprint density at radius 1 is 1.12 bits per heavy atom. The summed E-state index contributed by atoms with van der Waals surface area (Å²) in [6, 6.07) is 12.3. The van der Waals surface area contributed by atoms with Crippen LogP contribution in [-0.2, 0) is 10.2 Å². The van der Waals surface area contributed by atoms with E-state index < -0.39 is 5.41 Å². The van der Waals surface area contributed by atoms with Crippen LogP contribution in [0, 0.1) is 17.2 Å². The number of thiophene rings is 2. The number of quaternary nitrogens is 1. The summed E-state index contributed by atoms with van der Waals surface area (Å²) in [7, 11) is 4.70. The largest absolute Gasteiger partial charge is 0.369 e. The molecule has 0 aliphatic carbocycles. The van der Waals surface area contributed by atoms with E-state index in [2.05, 4.69) is 55.2 Å². The maximum atomic E-state index is 10.3. The molecule has 2 aliphatic rings. The lowest BCUT2D eigenvalue weighted by Crippen LogP contribution is -2.66. The van der Waals surface area contributed by atoms with E-state index in [-0.39, 0.29) is 0 Å². The molecule has 0 saturated carbocycles. The van der Waals surface area contributed by atoms with Crippen LogP contribution in [0.3, 0.4) is 0 Å². The molecule has 2 saturated heterocycles. The molecule has 2 fully saturated rings. The molecule has 2 aromatic heterocycles. The number of rotatable bonds is 4. The van der Waals surface area contributed by atoms with Crippen LogP contribution in [0.5, 0.6) is 0 Å². The maximum Gasteiger partial charge on any atom is 0.126 e. The monoisotopic (exact) mass is 373 g/mol. The summed E-state index contributed by atoms with van der Waals surface area (Å²) < 4.78 is 6.92. The van der Waals surface area contributed by atoms with Crippen LogP contribution in [0.2, 0.25) is 0 Å². The molecule has 0 amide bonds. The Morgan fingerprint density at radius 3 is 2.12 bits per heavy atom. The molecule has 3 nitrogen and oxygen atoms in total. The van der Waals surface area contributed by atoms with E-state index in [1.165, 1.54) is 9.75 Å². The zero-order valence-electron chi connectivity index (χ0n) is 14.9. The Bertz CT molecular complexity index is 695. The number of hydrogen-bond acceptors (Lipinski definition) is 4.